The van der Waals surface area contributed by atoms with Crippen molar-refractivity contribution in [3.63, 3.8) is 0 Å². The predicted molar refractivity (Wildman–Crippen MR) is 76.0 cm³/mol. The van der Waals surface area contributed by atoms with Crippen LogP contribution in [0.1, 0.15) is 5.56 Å². The van der Waals surface area contributed by atoms with Gasteiger partial charge in [0, 0.05) is 16.4 Å². The van der Waals surface area contributed by atoms with Crippen LogP contribution in [0.4, 0.5) is 11.5 Å². The molecule has 1 heterocycles. The maximum absolute atomic E-state index is 8.59. The largest absolute Gasteiger partial charge is 0.339 e. The fraction of sp³-hybridized carbons (Fsp3) is 0.0769. The van der Waals surface area contributed by atoms with Crippen LogP contribution in [0.15, 0.2) is 41.0 Å². The van der Waals surface area contributed by atoms with Crippen molar-refractivity contribution < 1.29 is 0 Å². The molecule has 0 amide bonds. The Bertz CT molecular complexity index is 590. The SMILES string of the molecule is N#CCc1ccc(Nc2ncc(Br)cc2Cl)cc1. The minimum absolute atomic E-state index is 0.414. The molecule has 2 rings (SSSR count). The van der Waals surface area contributed by atoms with Crippen LogP contribution >= 0.6 is 27.5 Å². The van der Waals surface area contributed by atoms with Gasteiger partial charge in [-0.3, -0.25) is 0 Å². The first kappa shape index (κ1) is 12.9. The summed E-state index contributed by atoms with van der Waals surface area (Å²) in [5.74, 6) is 0.605. The predicted octanol–water partition coefficient (Wildman–Crippen LogP) is 4.31. The minimum Gasteiger partial charge on any atom is -0.339 e. The Morgan fingerprint density at radius 3 is 2.67 bits per heavy atom. The number of anilines is 2. The minimum atomic E-state index is 0.414. The van der Waals surface area contributed by atoms with E-state index in [2.05, 4.69) is 32.3 Å². The maximum Gasteiger partial charge on any atom is 0.149 e. The first-order chi connectivity index (χ1) is 8.69. The third-order valence-electron chi connectivity index (χ3n) is 2.31. The molecule has 3 nitrogen and oxygen atoms in total. The third-order valence-corrected chi connectivity index (χ3v) is 3.03. The highest BCUT2D eigenvalue weighted by molar-refractivity contribution is 9.10. The van der Waals surface area contributed by atoms with Gasteiger partial charge in [-0.1, -0.05) is 23.7 Å². The lowest BCUT2D eigenvalue weighted by atomic mass is 10.1. The number of nitrogens with one attached hydrogen (secondary N) is 1. The second kappa shape index (κ2) is 5.85. The smallest absolute Gasteiger partial charge is 0.149 e. The van der Waals surface area contributed by atoms with Gasteiger partial charge < -0.3 is 5.32 Å². The Hall–Kier alpha value is -1.57. The van der Waals surface area contributed by atoms with E-state index in [4.69, 9.17) is 16.9 Å². The summed E-state index contributed by atoms with van der Waals surface area (Å²) in [4.78, 5) is 4.19. The number of hydrogen-bond acceptors (Lipinski definition) is 3. The lowest BCUT2D eigenvalue weighted by Gasteiger charge is -2.07. The molecule has 0 fully saturated rings. The lowest BCUT2D eigenvalue weighted by molar-refractivity contribution is 1.25. The summed E-state index contributed by atoms with van der Waals surface area (Å²) in [7, 11) is 0. The van der Waals surface area contributed by atoms with Crippen LogP contribution in [0, 0.1) is 11.3 Å². The second-order valence-corrected chi connectivity index (χ2v) is 4.96. The zero-order chi connectivity index (χ0) is 13.0. The van der Waals surface area contributed by atoms with Crippen LogP contribution in [0.5, 0.6) is 0 Å². The highest BCUT2D eigenvalue weighted by atomic mass is 79.9. The molecule has 0 saturated heterocycles. The van der Waals surface area contributed by atoms with Crippen molar-refractivity contribution in [1.82, 2.24) is 4.98 Å². The molecule has 0 unspecified atom stereocenters. The molecule has 0 atom stereocenters. The Balaban J connectivity index is 2.16. The zero-order valence-corrected chi connectivity index (χ0v) is 11.7. The van der Waals surface area contributed by atoms with Crippen molar-refractivity contribution in [3.8, 4) is 6.07 Å². The molecular weight excluding hydrogens is 314 g/mol. The summed E-state index contributed by atoms with van der Waals surface area (Å²) in [5.41, 5.74) is 1.87. The molecule has 0 aliphatic heterocycles. The number of nitriles is 1. The highest BCUT2D eigenvalue weighted by Crippen LogP contribution is 2.25. The summed E-state index contributed by atoms with van der Waals surface area (Å²) < 4.78 is 0.836. The fourth-order valence-electron chi connectivity index (χ4n) is 1.44. The molecule has 1 aromatic carbocycles. The Morgan fingerprint density at radius 1 is 1.33 bits per heavy atom. The van der Waals surface area contributed by atoms with Gasteiger partial charge in [0.15, 0.2) is 0 Å². The van der Waals surface area contributed by atoms with Gasteiger partial charge in [-0.15, -0.1) is 0 Å². The van der Waals surface area contributed by atoms with E-state index in [-0.39, 0.29) is 0 Å². The van der Waals surface area contributed by atoms with Crippen molar-refractivity contribution >= 4 is 39.0 Å². The Labute approximate surface area is 119 Å². The first-order valence-corrected chi connectivity index (χ1v) is 6.40. The van der Waals surface area contributed by atoms with Gasteiger partial charge in [0.25, 0.3) is 0 Å². The summed E-state index contributed by atoms with van der Waals surface area (Å²) in [6, 6.07) is 11.5. The molecule has 1 N–H and O–H groups in total. The molecule has 0 radical (unpaired) electrons. The fourth-order valence-corrected chi connectivity index (χ4v) is 2.12. The van der Waals surface area contributed by atoms with Gasteiger partial charge in [0.05, 0.1) is 17.5 Å². The Kier molecular flexibility index (Phi) is 4.19. The van der Waals surface area contributed by atoms with Crippen LogP contribution in [0.3, 0.4) is 0 Å². The van der Waals surface area contributed by atoms with E-state index in [9.17, 15) is 0 Å². The number of pyridine rings is 1. The first-order valence-electron chi connectivity index (χ1n) is 5.23. The molecule has 5 heteroatoms. The molecule has 0 spiro atoms. The van der Waals surface area contributed by atoms with E-state index in [0.29, 0.717) is 17.3 Å². The van der Waals surface area contributed by atoms with Crippen LogP contribution in [-0.2, 0) is 6.42 Å². The monoisotopic (exact) mass is 321 g/mol. The average Bonchev–Trinajstić information content (AvgIpc) is 2.35. The van der Waals surface area contributed by atoms with Gasteiger partial charge in [-0.2, -0.15) is 5.26 Å². The maximum atomic E-state index is 8.59. The summed E-state index contributed by atoms with van der Waals surface area (Å²) in [6.07, 6.45) is 2.09. The molecule has 1 aromatic heterocycles. The average molecular weight is 323 g/mol. The van der Waals surface area contributed by atoms with Crippen molar-refractivity contribution in [2.24, 2.45) is 0 Å². The van der Waals surface area contributed by atoms with Gasteiger partial charge in [-0.25, -0.2) is 4.98 Å². The van der Waals surface area contributed by atoms with Gasteiger partial charge in [-0.05, 0) is 39.7 Å². The molecule has 2 aromatic rings. The zero-order valence-electron chi connectivity index (χ0n) is 9.32. The van der Waals surface area contributed by atoms with Crippen molar-refractivity contribution in [2.75, 3.05) is 5.32 Å². The third kappa shape index (κ3) is 3.22. The van der Waals surface area contributed by atoms with Gasteiger partial charge in [0.1, 0.15) is 5.82 Å². The van der Waals surface area contributed by atoms with Crippen LogP contribution < -0.4 is 5.32 Å². The summed E-state index contributed by atoms with van der Waals surface area (Å²) >= 11 is 9.37. The number of nitrogens with zero attached hydrogens (tertiary/aromatic N) is 2. The number of rotatable bonds is 3. The van der Waals surface area contributed by atoms with E-state index in [0.717, 1.165) is 15.7 Å². The number of benzene rings is 1. The standard InChI is InChI=1S/C13H9BrClN3/c14-10-7-12(15)13(17-8-10)18-11-3-1-9(2-4-11)5-6-16/h1-4,7-8H,5H2,(H,17,18). The van der Waals surface area contributed by atoms with Crippen LogP contribution in [0.25, 0.3) is 0 Å². The number of aromatic nitrogens is 1. The quantitative estimate of drug-likeness (QED) is 0.916. The molecular formula is C13H9BrClN3. The normalized spacial score (nSPS) is 9.83. The van der Waals surface area contributed by atoms with Crippen molar-refractivity contribution in [3.05, 3.63) is 51.6 Å². The second-order valence-electron chi connectivity index (χ2n) is 3.64. The van der Waals surface area contributed by atoms with Gasteiger partial charge >= 0.3 is 0 Å². The van der Waals surface area contributed by atoms with Crippen LogP contribution in [-0.4, -0.2) is 4.98 Å². The topological polar surface area (TPSA) is 48.7 Å². The number of hydrogen-bond donors (Lipinski definition) is 1. The molecule has 0 aliphatic rings. The Morgan fingerprint density at radius 2 is 2.06 bits per heavy atom. The van der Waals surface area contributed by atoms with E-state index in [1.807, 2.05) is 24.3 Å². The van der Waals surface area contributed by atoms with Crippen molar-refractivity contribution in [2.45, 2.75) is 6.42 Å². The summed E-state index contributed by atoms with van der Waals surface area (Å²) in [5, 5.41) is 12.3. The van der Waals surface area contributed by atoms with E-state index >= 15 is 0 Å². The number of halogens is 2. The highest BCUT2D eigenvalue weighted by Gasteiger charge is 2.03. The lowest BCUT2D eigenvalue weighted by Crippen LogP contribution is -1.94. The van der Waals surface area contributed by atoms with Crippen molar-refractivity contribution in [1.29, 1.82) is 5.26 Å². The molecule has 0 aliphatic carbocycles. The molecule has 0 saturated carbocycles. The van der Waals surface area contributed by atoms with E-state index in [1.54, 1.807) is 12.3 Å². The molecule has 18 heavy (non-hydrogen) atoms. The summed E-state index contributed by atoms with van der Waals surface area (Å²) in [6.45, 7) is 0. The van der Waals surface area contributed by atoms with E-state index < -0.39 is 0 Å². The van der Waals surface area contributed by atoms with Gasteiger partial charge in [0.2, 0.25) is 0 Å². The molecule has 0 bridgehead atoms. The molecule has 90 valence electrons. The van der Waals surface area contributed by atoms with Crippen LogP contribution in [0.2, 0.25) is 5.02 Å². The van der Waals surface area contributed by atoms with E-state index in [1.165, 1.54) is 0 Å².